The van der Waals surface area contributed by atoms with Gasteiger partial charge in [-0.2, -0.15) is 0 Å². The Labute approximate surface area is 148 Å². The van der Waals surface area contributed by atoms with E-state index in [4.69, 9.17) is 16.3 Å². The molecular weight excluding hydrogens is 324 g/mol. The molecule has 1 heterocycles. The number of ether oxygens (including phenoxy) is 1. The van der Waals surface area contributed by atoms with Crippen LogP contribution in [0, 0.1) is 13.8 Å². The van der Waals surface area contributed by atoms with Gasteiger partial charge in [-0.25, -0.2) is 0 Å². The average Bonchev–Trinajstić information content (AvgIpc) is 2.58. The predicted molar refractivity (Wildman–Crippen MR) is 98.8 cm³/mol. The van der Waals surface area contributed by atoms with Crippen molar-refractivity contribution in [1.82, 2.24) is 15.6 Å². The maximum atomic E-state index is 5.90. The van der Waals surface area contributed by atoms with Gasteiger partial charge < -0.3 is 15.4 Å². The van der Waals surface area contributed by atoms with Gasteiger partial charge in [0.05, 0.1) is 19.3 Å². The summed E-state index contributed by atoms with van der Waals surface area (Å²) in [6.45, 7) is 5.24. The monoisotopic (exact) mass is 346 g/mol. The topological polar surface area (TPSA) is 58.5 Å². The van der Waals surface area contributed by atoms with Gasteiger partial charge in [0.25, 0.3) is 0 Å². The SMILES string of the molecule is CN=C(NCc1ccc(Cl)cc1)NCc1ncc(C)c(OC)c1C. The predicted octanol–water partition coefficient (Wildman–Crippen LogP) is 3.23. The lowest BCUT2D eigenvalue weighted by atomic mass is 10.1. The summed E-state index contributed by atoms with van der Waals surface area (Å²) in [7, 11) is 3.42. The molecule has 0 aliphatic rings. The third kappa shape index (κ3) is 4.61. The number of pyridine rings is 1. The van der Waals surface area contributed by atoms with Crippen molar-refractivity contribution < 1.29 is 4.74 Å². The lowest BCUT2D eigenvalue weighted by Crippen LogP contribution is -2.36. The molecule has 5 nitrogen and oxygen atoms in total. The molecule has 6 heteroatoms. The molecule has 2 rings (SSSR count). The zero-order valence-corrected chi connectivity index (χ0v) is 15.2. The largest absolute Gasteiger partial charge is 0.496 e. The van der Waals surface area contributed by atoms with Crippen LogP contribution in [0.25, 0.3) is 0 Å². The summed E-state index contributed by atoms with van der Waals surface area (Å²) < 4.78 is 5.44. The van der Waals surface area contributed by atoms with Gasteiger partial charge >= 0.3 is 0 Å². The maximum Gasteiger partial charge on any atom is 0.191 e. The summed E-state index contributed by atoms with van der Waals surface area (Å²) in [5, 5.41) is 7.28. The van der Waals surface area contributed by atoms with Gasteiger partial charge in [-0.3, -0.25) is 9.98 Å². The van der Waals surface area contributed by atoms with Crippen LogP contribution in [0.3, 0.4) is 0 Å². The minimum atomic E-state index is 0.572. The van der Waals surface area contributed by atoms with E-state index >= 15 is 0 Å². The van der Waals surface area contributed by atoms with Crippen molar-refractivity contribution in [3.63, 3.8) is 0 Å². The Morgan fingerprint density at radius 3 is 2.46 bits per heavy atom. The summed E-state index contributed by atoms with van der Waals surface area (Å²) >= 11 is 5.90. The van der Waals surface area contributed by atoms with Crippen LogP contribution in [-0.2, 0) is 13.1 Å². The van der Waals surface area contributed by atoms with Crippen molar-refractivity contribution in [3.05, 3.63) is 57.9 Å². The second-order valence-corrected chi connectivity index (χ2v) is 5.89. The highest BCUT2D eigenvalue weighted by atomic mass is 35.5. The lowest BCUT2D eigenvalue weighted by Gasteiger charge is -2.15. The molecular formula is C18H23ClN4O. The fraction of sp³-hybridized carbons (Fsp3) is 0.333. The standard InChI is InChI=1S/C18H23ClN4O/c1-12-9-21-16(13(2)17(12)24-4)11-23-18(20-3)22-10-14-5-7-15(19)8-6-14/h5-9H,10-11H2,1-4H3,(H2,20,22,23). The number of nitrogens with one attached hydrogen (secondary N) is 2. The van der Waals surface area contributed by atoms with E-state index in [0.29, 0.717) is 19.0 Å². The first-order valence-electron chi connectivity index (χ1n) is 7.73. The van der Waals surface area contributed by atoms with Crippen molar-refractivity contribution in [2.24, 2.45) is 4.99 Å². The first-order chi connectivity index (χ1) is 11.5. The Kier molecular flexibility index (Phi) is 6.44. The molecule has 2 aromatic rings. The normalized spacial score (nSPS) is 11.3. The summed E-state index contributed by atoms with van der Waals surface area (Å²) in [6.07, 6.45) is 1.83. The number of hydrogen-bond acceptors (Lipinski definition) is 3. The Hall–Kier alpha value is -2.27. The Morgan fingerprint density at radius 1 is 1.17 bits per heavy atom. The number of methoxy groups -OCH3 is 1. The number of guanidine groups is 1. The number of nitrogens with zero attached hydrogens (tertiary/aromatic N) is 2. The average molecular weight is 347 g/mol. The lowest BCUT2D eigenvalue weighted by molar-refractivity contribution is 0.406. The molecule has 0 spiro atoms. The van der Waals surface area contributed by atoms with Crippen molar-refractivity contribution >= 4 is 17.6 Å². The molecule has 0 aliphatic heterocycles. The zero-order valence-electron chi connectivity index (χ0n) is 14.5. The van der Waals surface area contributed by atoms with Crippen molar-refractivity contribution in [1.29, 1.82) is 0 Å². The Balaban J connectivity index is 1.95. The third-order valence-electron chi connectivity index (χ3n) is 3.77. The van der Waals surface area contributed by atoms with E-state index in [1.807, 2.05) is 44.3 Å². The van der Waals surface area contributed by atoms with E-state index in [1.165, 1.54) is 0 Å². The zero-order chi connectivity index (χ0) is 17.5. The van der Waals surface area contributed by atoms with Gasteiger partial charge in [0, 0.05) is 35.9 Å². The van der Waals surface area contributed by atoms with E-state index in [0.717, 1.165) is 33.2 Å². The molecule has 0 aliphatic carbocycles. The number of aromatic nitrogens is 1. The number of benzene rings is 1. The molecule has 0 saturated heterocycles. The minimum absolute atomic E-state index is 0.572. The van der Waals surface area contributed by atoms with Gasteiger partial charge in [-0.1, -0.05) is 23.7 Å². The number of aryl methyl sites for hydroxylation is 1. The Morgan fingerprint density at radius 2 is 1.83 bits per heavy atom. The molecule has 0 bridgehead atoms. The van der Waals surface area contributed by atoms with Gasteiger partial charge in [0.2, 0.25) is 0 Å². The molecule has 0 atom stereocenters. The van der Waals surface area contributed by atoms with Crippen LogP contribution in [0.5, 0.6) is 5.75 Å². The summed E-state index contributed by atoms with van der Waals surface area (Å²) in [5.74, 6) is 1.59. The van der Waals surface area contributed by atoms with Crippen LogP contribution in [0.4, 0.5) is 0 Å². The number of halogens is 1. The number of hydrogen-bond donors (Lipinski definition) is 2. The quantitative estimate of drug-likeness (QED) is 0.644. The number of rotatable bonds is 5. The van der Waals surface area contributed by atoms with Crippen LogP contribution in [0.15, 0.2) is 35.5 Å². The second-order valence-electron chi connectivity index (χ2n) is 5.45. The summed E-state index contributed by atoms with van der Waals surface area (Å²) in [6, 6.07) is 7.72. The van der Waals surface area contributed by atoms with Crippen LogP contribution in [-0.4, -0.2) is 25.1 Å². The Bertz CT molecular complexity index is 714. The van der Waals surface area contributed by atoms with Crippen LogP contribution in [0.1, 0.15) is 22.4 Å². The van der Waals surface area contributed by atoms with E-state index in [-0.39, 0.29) is 0 Å². The van der Waals surface area contributed by atoms with Gasteiger partial charge in [0.1, 0.15) is 5.75 Å². The molecule has 0 radical (unpaired) electrons. The van der Waals surface area contributed by atoms with E-state index in [9.17, 15) is 0 Å². The maximum absolute atomic E-state index is 5.90. The molecule has 0 fully saturated rings. The molecule has 0 amide bonds. The molecule has 1 aromatic heterocycles. The van der Waals surface area contributed by atoms with Crippen molar-refractivity contribution in [2.75, 3.05) is 14.2 Å². The minimum Gasteiger partial charge on any atom is -0.496 e. The van der Waals surface area contributed by atoms with Crippen molar-refractivity contribution in [3.8, 4) is 5.75 Å². The molecule has 2 N–H and O–H groups in total. The smallest absolute Gasteiger partial charge is 0.191 e. The molecule has 0 saturated carbocycles. The molecule has 1 aromatic carbocycles. The van der Waals surface area contributed by atoms with Crippen LogP contribution >= 0.6 is 11.6 Å². The summed E-state index contributed by atoms with van der Waals surface area (Å²) in [4.78, 5) is 8.72. The van der Waals surface area contributed by atoms with Gasteiger partial charge in [-0.15, -0.1) is 0 Å². The van der Waals surface area contributed by atoms with Gasteiger partial charge in [-0.05, 0) is 31.5 Å². The third-order valence-corrected chi connectivity index (χ3v) is 4.02. The summed E-state index contributed by atoms with van der Waals surface area (Å²) in [5.41, 5.74) is 4.14. The number of aliphatic imine (C=N–C) groups is 1. The van der Waals surface area contributed by atoms with E-state index in [2.05, 4.69) is 20.6 Å². The highest BCUT2D eigenvalue weighted by molar-refractivity contribution is 6.30. The highest BCUT2D eigenvalue weighted by Gasteiger charge is 2.09. The fourth-order valence-corrected chi connectivity index (χ4v) is 2.55. The second kappa shape index (κ2) is 8.55. The molecule has 128 valence electrons. The van der Waals surface area contributed by atoms with Crippen LogP contribution in [0.2, 0.25) is 5.02 Å². The molecule has 24 heavy (non-hydrogen) atoms. The van der Waals surface area contributed by atoms with E-state index < -0.39 is 0 Å². The highest BCUT2D eigenvalue weighted by Crippen LogP contribution is 2.23. The molecule has 0 unspecified atom stereocenters. The van der Waals surface area contributed by atoms with Crippen LogP contribution < -0.4 is 15.4 Å². The van der Waals surface area contributed by atoms with Gasteiger partial charge in [0.15, 0.2) is 5.96 Å². The first kappa shape index (κ1) is 18.1. The van der Waals surface area contributed by atoms with Crippen molar-refractivity contribution in [2.45, 2.75) is 26.9 Å². The first-order valence-corrected chi connectivity index (χ1v) is 8.11. The van der Waals surface area contributed by atoms with E-state index in [1.54, 1.807) is 14.2 Å². The fourth-order valence-electron chi connectivity index (χ4n) is 2.43.